The summed E-state index contributed by atoms with van der Waals surface area (Å²) in [5.74, 6) is 0.0572. The summed E-state index contributed by atoms with van der Waals surface area (Å²) in [6.07, 6.45) is 0. The Hall–Kier alpha value is -2.12. The maximum Gasteiger partial charge on any atom is 0.194 e. The molecule has 0 N–H and O–H groups in total. The molecule has 0 saturated heterocycles. The first-order valence-corrected chi connectivity index (χ1v) is 6.50. The molecular formula is C17H9ClO. The normalized spacial score (nSPS) is 12.6. The molecule has 2 heteroatoms. The van der Waals surface area contributed by atoms with E-state index in [0.717, 1.165) is 27.5 Å². The summed E-state index contributed by atoms with van der Waals surface area (Å²) in [6.45, 7) is 0. The van der Waals surface area contributed by atoms with Crippen LogP contribution in [0.4, 0.5) is 0 Å². The van der Waals surface area contributed by atoms with Gasteiger partial charge < -0.3 is 0 Å². The molecule has 0 unspecified atom stereocenters. The predicted octanol–water partition coefficient (Wildman–Crippen LogP) is 4.70. The molecule has 19 heavy (non-hydrogen) atoms. The molecule has 0 heterocycles. The lowest BCUT2D eigenvalue weighted by molar-refractivity contribution is 0.104. The van der Waals surface area contributed by atoms with Crippen LogP contribution in [0.3, 0.4) is 0 Å². The van der Waals surface area contributed by atoms with E-state index < -0.39 is 0 Å². The third-order valence-corrected chi connectivity index (χ3v) is 3.90. The van der Waals surface area contributed by atoms with Crippen LogP contribution in [0.1, 0.15) is 15.9 Å². The largest absolute Gasteiger partial charge is 0.289 e. The van der Waals surface area contributed by atoms with Gasteiger partial charge in [-0.3, -0.25) is 4.79 Å². The lowest BCUT2D eigenvalue weighted by Crippen LogP contribution is -2.09. The molecule has 0 amide bonds. The van der Waals surface area contributed by atoms with Gasteiger partial charge in [-0.15, -0.1) is 0 Å². The van der Waals surface area contributed by atoms with Crippen LogP contribution in [0.25, 0.3) is 21.9 Å². The molecule has 0 fully saturated rings. The Kier molecular flexibility index (Phi) is 2.09. The summed E-state index contributed by atoms with van der Waals surface area (Å²) in [5.41, 5.74) is 3.54. The summed E-state index contributed by atoms with van der Waals surface area (Å²) < 4.78 is 0. The standard InChI is InChI=1S/C17H9ClO/c18-11-7-8-12-13-5-1-3-10-4-2-6-14(16(10)13)17(19)15(12)9-11/h1-9H. The highest BCUT2D eigenvalue weighted by atomic mass is 35.5. The third-order valence-electron chi connectivity index (χ3n) is 3.67. The Labute approximate surface area is 115 Å². The molecule has 1 aliphatic rings. The second-order valence-electron chi connectivity index (χ2n) is 4.73. The first kappa shape index (κ1) is 10.8. The minimum Gasteiger partial charge on any atom is -0.289 e. The molecule has 0 radical (unpaired) electrons. The van der Waals surface area contributed by atoms with Crippen LogP contribution < -0.4 is 0 Å². The van der Waals surface area contributed by atoms with Gasteiger partial charge in [0.1, 0.15) is 0 Å². The molecule has 0 spiro atoms. The zero-order valence-electron chi connectivity index (χ0n) is 9.98. The number of benzene rings is 3. The number of carbonyl (C=O) groups is 1. The maximum atomic E-state index is 12.6. The molecule has 4 rings (SSSR count). The zero-order valence-corrected chi connectivity index (χ0v) is 10.7. The Balaban J connectivity index is 2.24. The number of halogens is 1. The lowest BCUT2D eigenvalue weighted by Gasteiger charge is -2.19. The van der Waals surface area contributed by atoms with Gasteiger partial charge in [0.15, 0.2) is 5.78 Å². The fraction of sp³-hybridized carbons (Fsp3) is 0. The van der Waals surface area contributed by atoms with E-state index in [2.05, 4.69) is 6.07 Å². The van der Waals surface area contributed by atoms with Gasteiger partial charge in [0.2, 0.25) is 0 Å². The molecule has 0 atom stereocenters. The summed E-state index contributed by atoms with van der Waals surface area (Å²) in [6, 6.07) is 17.5. The molecule has 0 aromatic heterocycles. The van der Waals surface area contributed by atoms with Crippen LogP contribution in [0.15, 0.2) is 54.6 Å². The maximum absolute atomic E-state index is 12.6. The van der Waals surface area contributed by atoms with Crippen molar-refractivity contribution in [2.45, 2.75) is 0 Å². The van der Waals surface area contributed by atoms with Crippen molar-refractivity contribution in [3.63, 3.8) is 0 Å². The monoisotopic (exact) mass is 264 g/mol. The van der Waals surface area contributed by atoms with E-state index >= 15 is 0 Å². The number of carbonyl (C=O) groups excluding carboxylic acids is 1. The number of fused-ring (bicyclic) bond motifs is 2. The van der Waals surface area contributed by atoms with Crippen molar-refractivity contribution in [2.75, 3.05) is 0 Å². The Morgan fingerprint density at radius 2 is 1.47 bits per heavy atom. The molecule has 3 aromatic rings. The van der Waals surface area contributed by atoms with Gasteiger partial charge in [0.25, 0.3) is 0 Å². The minimum atomic E-state index is 0.0572. The molecule has 0 aliphatic heterocycles. The van der Waals surface area contributed by atoms with Gasteiger partial charge in [-0.25, -0.2) is 0 Å². The third kappa shape index (κ3) is 1.39. The van der Waals surface area contributed by atoms with Crippen LogP contribution in [-0.2, 0) is 0 Å². The number of ketones is 1. The Bertz CT molecular complexity index is 844. The lowest BCUT2D eigenvalue weighted by atomic mass is 9.83. The average Bonchev–Trinajstić information content (AvgIpc) is 2.44. The first-order chi connectivity index (χ1) is 9.25. The fourth-order valence-electron chi connectivity index (χ4n) is 2.84. The highest BCUT2D eigenvalue weighted by molar-refractivity contribution is 6.32. The summed E-state index contributed by atoms with van der Waals surface area (Å²) in [4.78, 5) is 12.6. The molecule has 90 valence electrons. The van der Waals surface area contributed by atoms with E-state index in [4.69, 9.17) is 11.6 Å². The fourth-order valence-corrected chi connectivity index (χ4v) is 3.01. The second-order valence-corrected chi connectivity index (χ2v) is 5.16. The van der Waals surface area contributed by atoms with Crippen molar-refractivity contribution in [1.82, 2.24) is 0 Å². The zero-order chi connectivity index (χ0) is 13.0. The van der Waals surface area contributed by atoms with Gasteiger partial charge in [0, 0.05) is 21.5 Å². The van der Waals surface area contributed by atoms with Gasteiger partial charge in [-0.05, 0) is 28.6 Å². The topological polar surface area (TPSA) is 17.1 Å². The molecule has 1 nitrogen and oxygen atoms in total. The van der Waals surface area contributed by atoms with Gasteiger partial charge in [-0.2, -0.15) is 0 Å². The highest BCUT2D eigenvalue weighted by Crippen LogP contribution is 2.39. The van der Waals surface area contributed by atoms with Crippen LogP contribution in [-0.4, -0.2) is 5.78 Å². The van der Waals surface area contributed by atoms with E-state index in [1.807, 2.05) is 42.5 Å². The smallest absolute Gasteiger partial charge is 0.194 e. The highest BCUT2D eigenvalue weighted by Gasteiger charge is 2.24. The predicted molar refractivity (Wildman–Crippen MR) is 77.8 cm³/mol. The van der Waals surface area contributed by atoms with Gasteiger partial charge >= 0.3 is 0 Å². The van der Waals surface area contributed by atoms with Gasteiger partial charge in [-0.1, -0.05) is 54.1 Å². The summed E-state index contributed by atoms with van der Waals surface area (Å²) in [5, 5.41) is 2.74. The van der Waals surface area contributed by atoms with Crippen molar-refractivity contribution in [3.05, 3.63) is 70.7 Å². The van der Waals surface area contributed by atoms with Crippen molar-refractivity contribution < 1.29 is 4.79 Å². The second kappa shape index (κ2) is 3.69. The van der Waals surface area contributed by atoms with E-state index in [1.54, 1.807) is 6.07 Å². The number of rotatable bonds is 0. The molecule has 1 aliphatic carbocycles. The number of hydrogen-bond acceptors (Lipinski definition) is 1. The van der Waals surface area contributed by atoms with Crippen LogP contribution in [0.5, 0.6) is 0 Å². The average molecular weight is 265 g/mol. The van der Waals surface area contributed by atoms with Crippen LogP contribution in [0, 0.1) is 0 Å². The Morgan fingerprint density at radius 3 is 2.26 bits per heavy atom. The molecule has 0 saturated carbocycles. The Morgan fingerprint density at radius 1 is 0.737 bits per heavy atom. The summed E-state index contributed by atoms with van der Waals surface area (Å²) >= 11 is 6.02. The van der Waals surface area contributed by atoms with E-state index in [1.165, 1.54) is 0 Å². The van der Waals surface area contributed by atoms with Crippen molar-refractivity contribution >= 4 is 28.2 Å². The van der Waals surface area contributed by atoms with E-state index in [0.29, 0.717) is 10.6 Å². The SMILES string of the molecule is O=C1c2cc(Cl)ccc2-c2cccc3cccc1c23. The van der Waals surface area contributed by atoms with E-state index in [-0.39, 0.29) is 5.78 Å². The molecule has 0 bridgehead atoms. The first-order valence-electron chi connectivity index (χ1n) is 6.12. The molecule has 3 aromatic carbocycles. The summed E-state index contributed by atoms with van der Waals surface area (Å²) in [7, 11) is 0. The van der Waals surface area contributed by atoms with E-state index in [9.17, 15) is 4.79 Å². The van der Waals surface area contributed by atoms with Gasteiger partial charge in [0.05, 0.1) is 0 Å². The van der Waals surface area contributed by atoms with Crippen molar-refractivity contribution in [3.8, 4) is 11.1 Å². The minimum absolute atomic E-state index is 0.0572. The number of hydrogen-bond donors (Lipinski definition) is 0. The van der Waals surface area contributed by atoms with Crippen molar-refractivity contribution in [2.24, 2.45) is 0 Å². The molecular weight excluding hydrogens is 256 g/mol. The van der Waals surface area contributed by atoms with Crippen molar-refractivity contribution in [1.29, 1.82) is 0 Å². The quantitative estimate of drug-likeness (QED) is 0.450. The van der Waals surface area contributed by atoms with Crippen LogP contribution >= 0.6 is 11.6 Å². The van der Waals surface area contributed by atoms with Crippen LogP contribution in [0.2, 0.25) is 5.02 Å².